The van der Waals surface area contributed by atoms with Crippen molar-refractivity contribution in [2.75, 3.05) is 0 Å². The zero-order valence-corrected chi connectivity index (χ0v) is 24.2. The Kier molecular flexibility index (Phi) is 7.11. The molecule has 2 nitrogen and oxygen atoms in total. The lowest BCUT2D eigenvalue weighted by atomic mass is 9.77. The number of aromatic hydroxyl groups is 2. The Morgan fingerprint density at radius 1 is 0.515 bits per heavy atom. The summed E-state index contributed by atoms with van der Waals surface area (Å²) < 4.78 is 3.91. The topological polar surface area (TPSA) is 40.5 Å². The summed E-state index contributed by atoms with van der Waals surface area (Å²) in [5.74, 6) is 0.492. The predicted molar refractivity (Wildman–Crippen MR) is 150 cm³/mol. The maximum atomic E-state index is 9.63. The summed E-state index contributed by atoms with van der Waals surface area (Å²) in [6.07, 6.45) is 0. The molecule has 4 rings (SSSR count). The van der Waals surface area contributed by atoms with Crippen LogP contribution in [0.2, 0.25) is 0 Å². The van der Waals surface area contributed by atoms with Gasteiger partial charge in [-0.25, -0.2) is 0 Å². The van der Waals surface area contributed by atoms with Gasteiger partial charge in [0.2, 0.25) is 0 Å². The van der Waals surface area contributed by atoms with E-state index in [1.165, 1.54) is 0 Å². The summed E-state index contributed by atoms with van der Waals surface area (Å²) in [7, 11) is 0. The highest BCUT2D eigenvalue weighted by Crippen LogP contribution is 2.44. The van der Waals surface area contributed by atoms with Crippen molar-refractivity contribution >= 4 is 63.7 Å². The lowest BCUT2D eigenvalue weighted by Crippen LogP contribution is -2.19. The second kappa shape index (κ2) is 9.57. The first kappa shape index (κ1) is 24.5. The van der Waals surface area contributed by atoms with Crippen molar-refractivity contribution in [2.45, 2.75) is 19.3 Å². The van der Waals surface area contributed by atoms with Crippen LogP contribution in [0.25, 0.3) is 22.3 Å². The zero-order chi connectivity index (χ0) is 23.9. The molecule has 168 valence electrons. The van der Waals surface area contributed by atoms with E-state index in [1.54, 1.807) is 24.3 Å². The van der Waals surface area contributed by atoms with Crippen molar-refractivity contribution < 1.29 is 10.2 Å². The van der Waals surface area contributed by atoms with Crippen LogP contribution in [0.1, 0.15) is 25.0 Å². The van der Waals surface area contributed by atoms with Crippen LogP contribution in [0, 0.1) is 0 Å². The summed E-state index contributed by atoms with van der Waals surface area (Å²) >= 11 is 15.1. The number of phenolic OH excluding ortho intramolecular Hbond substituents is 2. The van der Waals surface area contributed by atoms with Gasteiger partial charge < -0.3 is 10.2 Å². The van der Waals surface area contributed by atoms with E-state index in [2.05, 4.69) is 102 Å². The van der Waals surface area contributed by atoms with Crippen molar-refractivity contribution in [3.05, 3.63) is 102 Å². The molecule has 0 aliphatic carbocycles. The molecule has 4 aromatic rings. The molecule has 0 amide bonds. The van der Waals surface area contributed by atoms with Gasteiger partial charge in [-0.2, -0.15) is 0 Å². The lowest BCUT2D eigenvalue weighted by Gasteiger charge is -2.28. The van der Waals surface area contributed by atoms with E-state index in [0.29, 0.717) is 0 Å². The number of rotatable bonds is 4. The highest BCUT2D eigenvalue weighted by molar-refractivity contribution is 9.11. The molecular weight excluding hydrogens is 676 g/mol. The molecule has 0 saturated heterocycles. The Morgan fingerprint density at radius 3 is 1.06 bits per heavy atom. The normalized spacial score (nSPS) is 11.6. The van der Waals surface area contributed by atoms with Gasteiger partial charge in [-0.15, -0.1) is 0 Å². The van der Waals surface area contributed by atoms with E-state index in [0.717, 1.165) is 51.3 Å². The standard InChI is InChI=1S/C27H20Br4O2/c1-27(2,17-11-21(28)25(22(29)12-17)15-3-7-19(32)8-4-15)18-13-23(30)26(24(31)14-18)16-5-9-20(33)10-6-16/h3-14,32-33H,1-2H3. The molecule has 2 N–H and O–H groups in total. The largest absolute Gasteiger partial charge is 0.508 e. The number of hydrogen-bond acceptors (Lipinski definition) is 2. The molecule has 6 heteroatoms. The Bertz CT molecular complexity index is 1180. The van der Waals surface area contributed by atoms with Crippen molar-refractivity contribution in [3.63, 3.8) is 0 Å². The minimum atomic E-state index is -0.281. The van der Waals surface area contributed by atoms with E-state index in [-0.39, 0.29) is 16.9 Å². The van der Waals surface area contributed by atoms with Crippen molar-refractivity contribution in [1.29, 1.82) is 0 Å². The van der Waals surface area contributed by atoms with Crippen molar-refractivity contribution in [3.8, 4) is 33.8 Å². The smallest absolute Gasteiger partial charge is 0.115 e. The average Bonchev–Trinajstić information content (AvgIpc) is 2.75. The van der Waals surface area contributed by atoms with Crippen LogP contribution in [0.15, 0.2) is 90.7 Å². The molecule has 0 radical (unpaired) electrons. The zero-order valence-electron chi connectivity index (χ0n) is 17.8. The third kappa shape index (κ3) is 4.95. The monoisotopic (exact) mass is 692 g/mol. The van der Waals surface area contributed by atoms with Gasteiger partial charge in [0.25, 0.3) is 0 Å². The first-order chi connectivity index (χ1) is 15.6. The SMILES string of the molecule is CC(C)(c1cc(Br)c(-c2ccc(O)cc2)c(Br)c1)c1cc(Br)c(-c2ccc(O)cc2)c(Br)c1. The molecule has 0 fully saturated rings. The molecule has 0 bridgehead atoms. The quantitative estimate of drug-likeness (QED) is 0.223. The van der Waals surface area contributed by atoms with Gasteiger partial charge >= 0.3 is 0 Å². The van der Waals surface area contributed by atoms with Gasteiger partial charge in [0.05, 0.1) is 0 Å². The van der Waals surface area contributed by atoms with Crippen LogP contribution in [0.4, 0.5) is 0 Å². The maximum Gasteiger partial charge on any atom is 0.115 e. The number of halogens is 4. The number of benzene rings is 4. The second-order valence-corrected chi connectivity index (χ2v) is 11.8. The van der Waals surface area contributed by atoms with Gasteiger partial charge in [-0.05, 0) is 70.8 Å². The molecular formula is C27H20Br4O2. The Labute approximate surface area is 227 Å². The van der Waals surface area contributed by atoms with E-state index in [9.17, 15) is 10.2 Å². The highest BCUT2D eigenvalue weighted by Gasteiger charge is 2.27. The molecule has 0 unspecified atom stereocenters. The van der Waals surface area contributed by atoms with Crippen LogP contribution < -0.4 is 0 Å². The predicted octanol–water partition coefficient (Wildman–Crippen LogP) is 9.81. The second-order valence-electron chi connectivity index (χ2n) is 8.35. The molecule has 0 heterocycles. The third-order valence-electron chi connectivity index (χ3n) is 5.84. The fraction of sp³-hybridized carbons (Fsp3) is 0.111. The Morgan fingerprint density at radius 2 is 0.788 bits per heavy atom. The minimum Gasteiger partial charge on any atom is -0.508 e. The van der Waals surface area contributed by atoms with Gasteiger partial charge in [0.15, 0.2) is 0 Å². The van der Waals surface area contributed by atoms with E-state index >= 15 is 0 Å². The van der Waals surface area contributed by atoms with E-state index in [1.807, 2.05) is 24.3 Å². The molecule has 0 aliphatic rings. The minimum absolute atomic E-state index is 0.246. The summed E-state index contributed by atoms with van der Waals surface area (Å²) in [5, 5.41) is 19.3. The van der Waals surface area contributed by atoms with Crippen LogP contribution in [0.3, 0.4) is 0 Å². The molecule has 0 spiro atoms. The average molecular weight is 696 g/mol. The van der Waals surface area contributed by atoms with E-state index in [4.69, 9.17) is 0 Å². The molecule has 33 heavy (non-hydrogen) atoms. The van der Waals surface area contributed by atoms with Gasteiger partial charge in [-0.3, -0.25) is 0 Å². The Balaban J connectivity index is 1.77. The molecule has 4 aromatic carbocycles. The van der Waals surface area contributed by atoms with Crippen LogP contribution in [-0.2, 0) is 5.41 Å². The summed E-state index contributed by atoms with van der Waals surface area (Å²) in [6, 6.07) is 23.0. The number of hydrogen-bond donors (Lipinski definition) is 2. The Hall–Kier alpha value is -1.60. The molecule has 0 atom stereocenters. The van der Waals surface area contributed by atoms with Gasteiger partial charge in [-0.1, -0.05) is 102 Å². The molecule has 0 aromatic heterocycles. The first-order valence-corrected chi connectivity index (χ1v) is 13.3. The molecule has 0 saturated carbocycles. The van der Waals surface area contributed by atoms with Crippen LogP contribution >= 0.6 is 63.7 Å². The number of phenols is 2. The third-order valence-corrected chi connectivity index (χ3v) is 8.34. The van der Waals surface area contributed by atoms with Crippen LogP contribution in [0.5, 0.6) is 11.5 Å². The fourth-order valence-corrected chi connectivity index (χ4v) is 7.13. The van der Waals surface area contributed by atoms with Crippen molar-refractivity contribution in [1.82, 2.24) is 0 Å². The van der Waals surface area contributed by atoms with Crippen LogP contribution in [-0.4, -0.2) is 10.2 Å². The maximum absolute atomic E-state index is 9.63. The van der Waals surface area contributed by atoms with Gasteiger partial charge in [0, 0.05) is 34.4 Å². The van der Waals surface area contributed by atoms with Crippen molar-refractivity contribution in [2.24, 2.45) is 0 Å². The summed E-state index contributed by atoms with van der Waals surface area (Å²) in [5.41, 5.74) is 6.13. The summed E-state index contributed by atoms with van der Waals surface area (Å²) in [4.78, 5) is 0. The summed E-state index contributed by atoms with van der Waals surface area (Å²) in [6.45, 7) is 4.41. The first-order valence-electron chi connectivity index (χ1n) is 10.2. The molecule has 0 aliphatic heterocycles. The van der Waals surface area contributed by atoms with Gasteiger partial charge in [0.1, 0.15) is 11.5 Å². The fourth-order valence-electron chi connectivity index (χ4n) is 3.84. The lowest BCUT2D eigenvalue weighted by molar-refractivity contribution is 0.475. The highest BCUT2D eigenvalue weighted by atomic mass is 79.9. The van der Waals surface area contributed by atoms with E-state index < -0.39 is 0 Å².